The number of halogens is 1. The molecule has 0 spiro atoms. The number of rotatable bonds is 4. The fourth-order valence-corrected chi connectivity index (χ4v) is 5.21. The van der Waals surface area contributed by atoms with Crippen LogP contribution in [0.25, 0.3) is 11.1 Å². The van der Waals surface area contributed by atoms with E-state index < -0.39 is 17.0 Å². The van der Waals surface area contributed by atoms with Gasteiger partial charge >= 0.3 is 12.2 Å². The van der Waals surface area contributed by atoms with E-state index in [4.69, 9.17) is 9.47 Å². The SMILES string of the molecule is Cc1cc(C2=CCN(C(=O)OC(C)(C)C)CC2)ccc1C(=O)Nc1ccc(C2=CCN(C(=O)OC(C)(C)C)CC2)c(F)c1C. The maximum Gasteiger partial charge on any atom is 0.410 e. The maximum atomic E-state index is 15.5. The molecule has 0 radical (unpaired) electrons. The number of anilines is 1. The van der Waals surface area contributed by atoms with Gasteiger partial charge in [-0.25, -0.2) is 14.0 Å². The molecule has 0 aromatic heterocycles. The lowest BCUT2D eigenvalue weighted by Gasteiger charge is -2.30. The average Bonchev–Trinajstić information content (AvgIpc) is 2.94. The molecule has 2 aromatic rings. The normalized spacial score (nSPS) is 15.8. The minimum Gasteiger partial charge on any atom is -0.444 e. The van der Waals surface area contributed by atoms with E-state index in [1.807, 2.05) is 72.8 Å². The highest BCUT2D eigenvalue weighted by Crippen LogP contribution is 2.31. The van der Waals surface area contributed by atoms with Gasteiger partial charge in [0.25, 0.3) is 5.91 Å². The summed E-state index contributed by atoms with van der Waals surface area (Å²) in [5, 5.41) is 2.88. The Morgan fingerprint density at radius 1 is 0.795 bits per heavy atom. The smallest absolute Gasteiger partial charge is 0.410 e. The number of nitrogens with one attached hydrogen (secondary N) is 1. The quantitative estimate of drug-likeness (QED) is 0.385. The Morgan fingerprint density at radius 3 is 1.82 bits per heavy atom. The topological polar surface area (TPSA) is 88.2 Å². The van der Waals surface area contributed by atoms with Crippen LogP contribution in [0.3, 0.4) is 0 Å². The third kappa shape index (κ3) is 8.07. The maximum absolute atomic E-state index is 15.5. The van der Waals surface area contributed by atoms with Gasteiger partial charge in [-0.2, -0.15) is 0 Å². The monoisotopic (exact) mass is 605 g/mol. The molecule has 1 N–H and O–H groups in total. The number of amides is 3. The fraction of sp³-hybridized carbons (Fsp3) is 0.457. The molecular weight excluding hydrogens is 561 g/mol. The number of carbonyl (C=O) groups excluding carboxylic acids is 3. The van der Waals surface area contributed by atoms with Crippen molar-refractivity contribution >= 4 is 34.9 Å². The van der Waals surface area contributed by atoms with Gasteiger partial charge in [0.15, 0.2) is 0 Å². The Hall–Kier alpha value is -4.14. The lowest BCUT2D eigenvalue weighted by atomic mass is 9.95. The van der Waals surface area contributed by atoms with Crippen LogP contribution in [-0.2, 0) is 9.47 Å². The van der Waals surface area contributed by atoms with E-state index in [0.717, 1.165) is 22.3 Å². The van der Waals surface area contributed by atoms with Crippen molar-refractivity contribution in [2.45, 2.75) is 79.4 Å². The highest BCUT2D eigenvalue weighted by Gasteiger charge is 2.26. The molecule has 3 amide bonds. The summed E-state index contributed by atoms with van der Waals surface area (Å²) in [4.78, 5) is 41.3. The largest absolute Gasteiger partial charge is 0.444 e. The Morgan fingerprint density at radius 2 is 1.34 bits per heavy atom. The molecule has 0 saturated carbocycles. The molecular formula is C35H44FN3O5. The van der Waals surface area contributed by atoms with Gasteiger partial charge in [-0.05, 0) is 109 Å². The van der Waals surface area contributed by atoms with Gasteiger partial charge in [0.2, 0.25) is 0 Å². The zero-order valence-corrected chi connectivity index (χ0v) is 27.1. The summed E-state index contributed by atoms with van der Waals surface area (Å²) >= 11 is 0. The second-order valence-corrected chi connectivity index (χ2v) is 13.4. The first-order valence-electron chi connectivity index (χ1n) is 15.1. The van der Waals surface area contributed by atoms with Crippen LogP contribution in [0.2, 0.25) is 0 Å². The van der Waals surface area contributed by atoms with Gasteiger partial charge in [-0.3, -0.25) is 4.79 Å². The third-order valence-corrected chi connectivity index (χ3v) is 7.54. The lowest BCUT2D eigenvalue weighted by molar-refractivity contribution is 0.0260. The molecule has 2 aliphatic heterocycles. The van der Waals surface area contributed by atoms with Crippen molar-refractivity contribution in [3.8, 4) is 0 Å². The molecule has 0 atom stereocenters. The Labute approximate surface area is 259 Å². The van der Waals surface area contributed by atoms with Crippen LogP contribution < -0.4 is 5.32 Å². The zero-order chi connectivity index (χ0) is 32.4. The zero-order valence-electron chi connectivity index (χ0n) is 27.1. The Kier molecular flexibility index (Phi) is 9.56. The summed E-state index contributed by atoms with van der Waals surface area (Å²) in [7, 11) is 0. The van der Waals surface area contributed by atoms with Gasteiger partial charge < -0.3 is 24.6 Å². The van der Waals surface area contributed by atoms with Crippen LogP contribution in [0, 0.1) is 19.7 Å². The molecule has 2 aliphatic rings. The first-order chi connectivity index (χ1) is 20.5. The molecule has 0 aliphatic carbocycles. The molecule has 0 fully saturated rings. The third-order valence-electron chi connectivity index (χ3n) is 7.54. The molecule has 4 rings (SSSR count). The minimum absolute atomic E-state index is 0.317. The van der Waals surface area contributed by atoms with Crippen molar-refractivity contribution in [1.82, 2.24) is 9.80 Å². The van der Waals surface area contributed by atoms with Crippen LogP contribution in [0.15, 0.2) is 42.5 Å². The molecule has 8 nitrogen and oxygen atoms in total. The summed E-state index contributed by atoms with van der Waals surface area (Å²) in [5.41, 5.74) is 4.34. The number of aryl methyl sites for hydroxylation is 1. The summed E-state index contributed by atoms with van der Waals surface area (Å²) < 4.78 is 26.5. The molecule has 2 aromatic carbocycles. The van der Waals surface area contributed by atoms with Gasteiger partial charge in [0.1, 0.15) is 17.0 Å². The van der Waals surface area contributed by atoms with Crippen LogP contribution in [-0.4, -0.2) is 65.3 Å². The molecule has 2 heterocycles. The first kappa shape index (κ1) is 32.8. The summed E-state index contributed by atoms with van der Waals surface area (Å²) in [5.74, 6) is -0.709. The van der Waals surface area contributed by atoms with Crippen molar-refractivity contribution in [1.29, 1.82) is 0 Å². The summed E-state index contributed by atoms with van der Waals surface area (Å²) in [6.07, 6.45) is 4.35. The Bertz CT molecular complexity index is 1510. The van der Waals surface area contributed by atoms with Gasteiger partial charge in [-0.1, -0.05) is 24.3 Å². The highest BCUT2D eigenvalue weighted by molar-refractivity contribution is 6.06. The second kappa shape index (κ2) is 12.8. The molecule has 0 unspecified atom stereocenters. The van der Waals surface area contributed by atoms with E-state index in [1.54, 1.807) is 34.9 Å². The minimum atomic E-state index is -0.578. The van der Waals surface area contributed by atoms with Crippen LogP contribution in [0.4, 0.5) is 19.7 Å². The van der Waals surface area contributed by atoms with Crippen molar-refractivity contribution in [2.75, 3.05) is 31.5 Å². The predicted molar refractivity (Wildman–Crippen MR) is 171 cm³/mol. The Balaban J connectivity index is 1.41. The first-order valence-corrected chi connectivity index (χ1v) is 15.1. The summed E-state index contributed by atoms with van der Waals surface area (Å²) in [6, 6.07) is 9.06. The summed E-state index contributed by atoms with van der Waals surface area (Å²) in [6.45, 7) is 16.3. The van der Waals surface area contributed by atoms with E-state index in [9.17, 15) is 14.4 Å². The fourth-order valence-electron chi connectivity index (χ4n) is 5.21. The van der Waals surface area contributed by atoms with Gasteiger partial charge in [-0.15, -0.1) is 0 Å². The highest BCUT2D eigenvalue weighted by atomic mass is 19.1. The van der Waals surface area contributed by atoms with Crippen molar-refractivity contribution in [2.24, 2.45) is 0 Å². The van der Waals surface area contributed by atoms with Crippen molar-refractivity contribution in [3.05, 3.63) is 76.1 Å². The predicted octanol–water partition coefficient (Wildman–Crippen LogP) is 7.74. The van der Waals surface area contributed by atoms with Crippen molar-refractivity contribution < 1.29 is 28.2 Å². The number of hydrogen-bond acceptors (Lipinski definition) is 5. The molecule has 0 saturated heterocycles. The number of nitrogens with zero attached hydrogens (tertiary/aromatic N) is 2. The van der Waals surface area contributed by atoms with E-state index in [0.29, 0.717) is 61.4 Å². The van der Waals surface area contributed by atoms with E-state index in [2.05, 4.69) is 5.32 Å². The van der Waals surface area contributed by atoms with Crippen molar-refractivity contribution in [3.63, 3.8) is 0 Å². The second-order valence-electron chi connectivity index (χ2n) is 13.4. The van der Waals surface area contributed by atoms with Gasteiger partial charge in [0.05, 0.1) is 0 Å². The molecule has 0 bridgehead atoms. The van der Waals surface area contributed by atoms with Gasteiger partial charge in [0, 0.05) is 48.6 Å². The van der Waals surface area contributed by atoms with E-state index in [-0.39, 0.29) is 18.1 Å². The standard InChI is InChI=1S/C35H44FN3O5/c1-22-21-26(24-13-17-38(18-14-24)32(41)43-34(3,4)5)9-10-27(22)31(40)37-29-12-11-28(30(36)23(29)2)25-15-19-39(20-16-25)33(42)44-35(6,7)8/h9-13,15,21H,14,16-20H2,1-8H3,(H,37,40). The number of carbonyl (C=O) groups is 3. The van der Waals surface area contributed by atoms with Crippen LogP contribution in [0.5, 0.6) is 0 Å². The average molecular weight is 606 g/mol. The van der Waals surface area contributed by atoms with E-state index >= 15 is 4.39 Å². The molecule has 236 valence electrons. The van der Waals surface area contributed by atoms with Crippen LogP contribution in [0.1, 0.15) is 87.0 Å². The number of ether oxygens (including phenoxy) is 2. The number of benzene rings is 2. The van der Waals surface area contributed by atoms with E-state index in [1.165, 1.54) is 0 Å². The molecule has 9 heteroatoms. The molecule has 44 heavy (non-hydrogen) atoms. The van der Waals surface area contributed by atoms with Crippen LogP contribution >= 0.6 is 0 Å². The lowest BCUT2D eigenvalue weighted by Crippen LogP contribution is -2.39. The number of hydrogen-bond donors (Lipinski definition) is 1.